The van der Waals surface area contributed by atoms with Crippen LogP contribution in [0.15, 0.2) is 71.2 Å². The normalized spacial score (nSPS) is 14.0. The van der Waals surface area contributed by atoms with Crippen molar-refractivity contribution in [3.8, 4) is 11.1 Å². The third kappa shape index (κ3) is 3.82. The minimum Gasteiger partial charge on any atom is -0.489 e. The van der Waals surface area contributed by atoms with Gasteiger partial charge in [-0.15, -0.1) is 0 Å². The first-order chi connectivity index (χ1) is 11.6. The summed E-state index contributed by atoms with van der Waals surface area (Å²) in [5.74, 6) is -0.723. The van der Waals surface area contributed by atoms with Crippen LogP contribution in [0.2, 0.25) is 0 Å². The van der Waals surface area contributed by atoms with Crippen molar-refractivity contribution in [1.82, 2.24) is 0 Å². The Balaban J connectivity index is 2.41. The Morgan fingerprint density at radius 2 is 1.62 bits per heavy atom. The first-order valence-corrected chi connectivity index (χ1v) is 7.72. The summed E-state index contributed by atoms with van der Waals surface area (Å²) in [4.78, 5) is 3.91. The van der Waals surface area contributed by atoms with Crippen molar-refractivity contribution in [2.24, 2.45) is 4.99 Å². The van der Waals surface area contributed by atoms with Gasteiger partial charge in [0.25, 0.3) is 5.90 Å². The van der Waals surface area contributed by atoms with Gasteiger partial charge in [-0.3, -0.25) is 4.99 Å². The lowest BCUT2D eigenvalue weighted by Gasteiger charge is -2.16. The van der Waals surface area contributed by atoms with Crippen LogP contribution < -0.4 is 0 Å². The Bertz CT molecular complexity index is 738. The standard InChI is InChI=1S/C20H22FNO2/c1-14(18(21)19(23-3)20(22-2)24-4)16-11-8-12-17(13-16)15-9-6-5-7-10-15/h5-14H,1-4H3/b19-18-,22-20?. The van der Waals surface area contributed by atoms with E-state index >= 15 is 0 Å². The Kier molecular flexibility index (Phi) is 6.13. The number of ether oxygens (including phenoxy) is 2. The molecule has 24 heavy (non-hydrogen) atoms. The average Bonchev–Trinajstić information content (AvgIpc) is 2.65. The van der Waals surface area contributed by atoms with Gasteiger partial charge in [-0.05, 0) is 16.7 Å². The first-order valence-electron chi connectivity index (χ1n) is 7.72. The molecule has 0 N–H and O–H groups in total. The molecule has 2 rings (SSSR count). The highest BCUT2D eigenvalue weighted by Gasteiger charge is 2.21. The van der Waals surface area contributed by atoms with Crippen LogP contribution in [0.5, 0.6) is 0 Å². The zero-order valence-electron chi connectivity index (χ0n) is 14.4. The SMILES string of the molecule is CN=C(OC)/C(OC)=C(/F)C(C)c1cccc(-c2ccccc2)c1. The average molecular weight is 327 g/mol. The molecule has 0 amide bonds. The second-order valence-corrected chi connectivity index (χ2v) is 5.33. The maximum Gasteiger partial charge on any atom is 0.254 e. The van der Waals surface area contributed by atoms with E-state index in [2.05, 4.69) is 4.99 Å². The van der Waals surface area contributed by atoms with Gasteiger partial charge in [0.2, 0.25) is 5.76 Å². The molecular formula is C20H22FNO2. The molecule has 0 radical (unpaired) electrons. The van der Waals surface area contributed by atoms with E-state index in [1.54, 1.807) is 6.92 Å². The summed E-state index contributed by atoms with van der Waals surface area (Å²) in [6.07, 6.45) is 0. The Labute approximate surface area is 142 Å². The topological polar surface area (TPSA) is 30.8 Å². The second kappa shape index (κ2) is 8.29. The molecule has 0 aliphatic carbocycles. The molecule has 2 aromatic carbocycles. The minimum atomic E-state index is -0.476. The zero-order valence-corrected chi connectivity index (χ0v) is 14.4. The molecule has 0 bridgehead atoms. The first kappa shape index (κ1) is 17.7. The van der Waals surface area contributed by atoms with Gasteiger partial charge in [-0.2, -0.15) is 0 Å². The molecule has 1 unspecified atom stereocenters. The Morgan fingerprint density at radius 3 is 2.21 bits per heavy atom. The Morgan fingerprint density at radius 1 is 0.958 bits per heavy atom. The third-order valence-electron chi connectivity index (χ3n) is 3.89. The number of hydrogen-bond donors (Lipinski definition) is 0. The quantitative estimate of drug-likeness (QED) is 0.441. The van der Waals surface area contributed by atoms with Crippen LogP contribution >= 0.6 is 0 Å². The van der Waals surface area contributed by atoms with Crippen LogP contribution in [0.4, 0.5) is 4.39 Å². The van der Waals surface area contributed by atoms with Crippen LogP contribution in [0, 0.1) is 0 Å². The predicted octanol–water partition coefficient (Wildman–Crippen LogP) is 4.96. The van der Waals surface area contributed by atoms with Crippen molar-refractivity contribution in [2.45, 2.75) is 12.8 Å². The molecule has 126 valence electrons. The van der Waals surface area contributed by atoms with Crippen molar-refractivity contribution in [1.29, 1.82) is 0 Å². The smallest absolute Gasteiger partial charge is 0.254 e. The van der Waals surface area contributed by atoms with Gasteiger partial charge in [-0.1, -0.05) is 61.5 Å². The summed E-state index contributed by atoms with van der Waals surface area (Å²) in [5, 5.41) is 0. The van der Waals surface area contributed by atoms with E-state index in [-0.39, 0.29) is 11.7 Å². The number of allylic oxidation sites excluding steroid dienone is 1. The molecule has 0 aliphatic heterocycles. The lowest BCUT2D eigenvalue weighted by molar-refractivity contribution is 0.267. The van der Waals surface area contributed by atoms with E-state index in [4.69, 9.17) is 9.47 Å². The summed E-state index contributed by atoms with van der Waals surface area (Å²) in [5.41, 5.74) is 2.99. The number of hydrogen-bond acceptors (Lipinski definition) is 3. The molecular weight excluding hydrogens is 305 g/mol. The van der Waals surface area contributed by atoms with E-state index < -0.39 is 11.7 Å². The monoisotopic (exact) mass is 327 g/mol. The fourth-order valence-electron chi connectivity index (χ4n) is 2.53. The van der Waals surface area contributed by atoms with E-state index in [9.17, 15) is 4.39 Å². The van der Waals surface area contributed by atoms with Crippen molar-refractivity contribution in [3.05, 3.63) is 71.7 Å². The van der Waals surface area contributed by atoms with Gasteiger partial charge in [-0.25, -0.2) is 4.39 Å². The van der Waals surface area contributed by atoms with Crippen LogP contribution in [0.3, 0.4) is 0 Å². The summed E-state index contributed by atoms with van der Waals surface area (Å²) in [6, 6.07) is 17.8. The summed E-state index contributed by atoms with van der Waals surface area (Å²) >= 11 is 0. The summed E-state index contributed by atoms with van der Waals surface area (Å²) < 4.78 is 25.1. The van der Waals surface area contributed by atoms with Crippen LogP contribution in [-0.2, 0) is 9.47 Å². The number of rotatable bonds is 5. The molecule has 1 atom stereocenters. The number of halogens is 1. The number of nitrogens with zero attached hydrogens (tertiary/aromatic N) is 1. The second-order valence-electron chi connectivity index (χ2n) is 5.33. The molecule has 0 saturated heterocycles. The van der Waals surface area contributed by atoms with Crippen LogP contribution in [0.1, 0.15) is 18.4 Å². The van der Waals surface area contributed by atoms with Crippen LogP contribution in [-0.4, -0.2) is 27.2 Å². The largest absolute Gasteiger partial charge is 0.489 e. The minimum absolute atomic E-state index is 0.0256. The molecule has 4 heteroatoms. The molecule has 2 aromatic rings. The van der Waals surface area contributed by atoms with Gasteiger partial charge in [0.1, 0.15) is 0 Å². The number of aliphatic imine (C=N–C) groups is 1. The van der Waals surface area contributed by atoms with E-state index in [1.165, 1.54) is 21.3 Å². The fourth-order valence-corrected chi connectivity index (χ4v) is 2.53. The van der Waals surface area contributed by atoms with Gasteiger partial charge in [0.15, 0.2) is 5.83 Å². The van der Waals surface area contributed by atoms with Crippen molar-refractivity contribution in [3.63, 3.8) is 0 Å². The molecule has 0 fully saturated rings. The van der Waals surface area contributed by atoms with Gasteiger partial charge >= 0.3 is 0 Å². The maximum absolute atomic E-state index is 14.9. The molecule has 0 heterocycles. The molecule has 0 aromatic heterocycles. The van der Waals surface area contributed by atoms with E-state index in [1.807, 2.05) is 54.6 Å². The van der Waals surface area contributed by atoms with E-state index in [0.717, 1.165) is 16.7 Å². The molecule has 0 spiro atoms. The van der Waals surface area contributed by atoms with Gasteiger partial charge < -0.3 is 9.47 Å². The predicted molar refractivity (Wildman–Crippen MR) is 95.8 cm³/mol. The van der Waals surface area contributed by atoms with Gasteiger partial charge in [0.05, 0.1) is 14.2 Å². The fraction of sp³-hybridized carbons (Fsp3) is 0.250. The highest BCUT2D eigenvalue weighted by atomic mass is 19.1. The third-order valence-corrected chi connectivity index (χ3v) is 3.89. The highest BCUT2D eigenvalue weighted by molar-refractivity contribution is 5.92. The Hall–Kier alpha value is -2.62. The number of benzene rings is 2. The van der Waals surface area contributed by atoms with Crippen molar-refractivity contribution < 1.29 is 13.9 Å². The number of methoxy groups -OCH3 is 2. The maximum atomic E-state index is 14.9. The lowest BCUT2D eigenvalue weighted by atomic mass is 9.95. The molecule has 3 nitrogen and oxygen atoms in total. The van der Waals surface area contributed by atoms with Crippen molar-refractivity contribution >= 4 is 5.90 Å². The van der Waals surface area contributed by atoms with Crippen LogP contribution in [0.25, 0.3) is 11.1 Å². The van der Waals surface area contributed by atoms with Crippen molar-refractivity contribution in [2.75, 3.05) is 21.3 Å². The van der Waals surface area contributed by atoms with Gasteiger partial charge in [0, 0.05) is 13.0 Å². The lowest BCUT2D eigenvalue weighted by Crippen LogP contribution is -2.11. The summed E-state index contributed by atoms with van der Waals surface area (Å²) in [6.45, 7) is 1.79. The zero-order chi connectivity index (χ0) is 17.5. The molecule has 0 aliphatic rings. The highest BCUT2D eigenvalue weighted by Crippen LogP contribution is 2.31. The summed E-state index contributed by atoms with van der Waals surface area (Å²) in [7, 11) is 4.38. The van der Waals surface area contributed by atoms with E-state index in [0.29, 0.717) is 0 Å². The molecule has 0 saturated carbocycles.